The van der Waals surface area contributed by atoms with E-state index < -0.39 is 5.91 Å². The molecule has 5 heteroatoms. The van der Waals surface area contributed by atoms with E-state index in [-0.39, 0.29) is 11.4 Å². The number of benzene rings is 2. The fourth-order valence-corrected chi connectivity index (χ4v) is 2.99. The molecular formula is C24H27N3O2. The number of nitriles is 1. The molecule has 0 radical (unpaired) electrons. The van der Waals surface area contributed by atoms with E-state index in [0.717, 1.165) is 37.2 Å². The highest BCUT2D eigenvalue weighted by Gasteiger charge is 2.10. The Kier molecular flexibility index (Phi) is 8.17. The van der Waals surface area contributed by atoms with Gasteiger partial charge in [-0.25, -0.2) is 0 Å². The van der Waals surface area contributed by atoms with E-state index in [2.05, 4.69) is 24.1 Å². The summed E-state index contributed by atoms with van der Waals surface area (Å²) in [7, 11) is 0. The molecule has 0 atom stereocenters. The first kappa shape index (κ1) is 21.9. The minimum absolute atomic E-state index is 0.0207. The number of rotatable bonds is 9. The predicted octanol–water partition coefficient (Wildman–Crippen LogP) is 5.06. The molecule has 1 N–H and O–H groups in total. The first-order valence-corrected chi connectivity index (χ1v) is 9.87. The summed E-state index contributed by atoms with van der Waals surface area (Å²) in [5.74, 6) is -0.522. The van der Waals surface area contributed by atoms with Crippen LogP contribution >= 0.6 is 0 Å². The third kappa shape index (κ3) is 6.32. The number of carbonyl (C=O) groups excluding carboxylic acids is 2. The van der Waals surface area contributed by atoms with Gasteiger partial charge in [-0.15, -0.1) is 0 Å². The number of nitrogens with one attached hydrogen (secondary N) is 1. The third-order valence-electron chi connectivity index (χ3n) is 4.47. The van der Waals surface area contributed by atoms with Crippen LogP contribution in [0, 0.1) is 11.3 Å². The predicted molar refractivity (Wildman–Crippen MR) is 118 cm³/mol. The molecule has 0 fully saturated rings. The molecule has 5 nitrogen and oxygen atoms in total. The minimum atomic E-state index is -0.481. The molecule has 0 aromatic heterocycles. The molecule has 0 heterocycles. The SMILES string of the molecule is CCCN(CCC)c1ccc(C=C(C#N)C(=O)Nc2ccc(C(C)=O)cc2)cc1. The van der Waals surface area contributed by atoms with Crippen molar-refractivity contribution in [2.45, 2.75) is 33.6 Å². The topological polar surface area (TPSA) is 73.2 Å². The van der Waals surface area contributed by atoms with E-state index >= 15 is 0 Å². The Morgan fingerprint density at radius 2 is 1.59 bits per heavy atom. The second kappa shape index (κ2) is 10.8. The average Bonchev–Trinajstić information content (AvgIpc) is 2.72. The quantitative estimate of drug-likeness (QED) is 0.369. The zero-order valence-corrected chi connectivity index (χ0v) is 17.2. The van der Waals surface area contributed by atoms with Crippen LogP contribution in [0.5, 0.6) is 0 Å². The van der Waals surface area contributed by atoms with Gasteiger partial charge in [0.2, 0.25) is 0 Å². The van der Waals surface area contributed by atoms with Crippen molar-refractivity contribution in [3.63, 3.8) is 0 Å². The molecule has 0 aliphatic rings. The highest BCUT2D eigenvalue weighted by atomic mass is 16.1. The summed E-state index contributed by atoms with van der Waals surface area (Å²) in [6, 6.07) is 16.4. The zero-order valence-electron chi connectivity index (χ0n) is 17.2. The van der Waals surface area contributed by atoms with E-state index in [1.54, 1.807) is 30.3 Å². The fourth-order valence-electron chi connectivity index (χ4n) is 2.99. The first-order valence-electron chi connectivity index (χ1n) is 9.87. The molecule has 0 saturated heterocycles. The van der Waals surface area contributed by atoms with Crippen LogP contribution in [0.15, 0.2) is 54.1 Å². The van der Waals surface area contributed by atoms with Crippen molar-refractivity contribution in [1.82, 2.24) is 0 Å². The second-order valence-corrected chi connectivity index (χ2v) is 6.84. The molecule has 1 amide bonds. The summed E-state index contributed by atoms with van der Waals surface area (Å²) in [5, 5.41) is 12.1. The molecule has 29 heavy (non-hydrogen) atoms. The van der Waals surface area contributed by atoms with Crippen molar-refractivity contribution in [3.05, 3.63) is 65.2 Å². The molecule has 2 rings (SSSR count). The van der Waals surface area contributed by atoms with Gasteiger partial charge < -0.3 is 10.2 Å². The fraction of sp³-hybridized carbons (Fsp3) is 0.292. The van der Waals surface area contributed by atoms with Gasteiger partial charge in [-0.1, -0.05) is 26.0 Å². The number of amides is 1. The van der Waals surface area contributed by atoms with Crippen LogP contribution in [0.3, 0.4) is 0 Å². The van der Waals surface area contributed by atoms with Gasteiger partial charge in [-0.2, -0.15) is 5.26 Å². The highest BCUT2D eigenvalue weighted by Crippen LogP contribution is 2.18. The highest BCUT2D eigenvalue weighted by molar-refractivity contribution is 6.09. The van der Waals surface area contributed by atoms with Crippen LogP contribution in [0.4, 0.5) is 11.4 Å². The normalized spacial score (nSPS) is 10.9. The van der Waals surface area contributed by atoms with Crippen LogP contribution in [0.1, 0.15) is 49.5 Å². The second-order valence-electron chi connectivity index (χ2n) is 6.84. The van der Waals surface area contributed by atoms with Gasteiger partial charge in [0.15, 0.2) is 5.78 Å². The molecule has 0 aliphatic carbocycles. The van der Waals surface area contributed by atoms with Crippen LogP contribution in [-0.2, 0) is 4.79 Å². The van der Waals surface area contributed by atoms with Gasteiger partial charge in [-0.3, -0.25) is 9.59 Å². The lowest BCUT2D eigenvalue weighted by atomic mass is 10.1. The molecule has 0 aliphatic heterocycles. The van der Waals surface area contributed by atoms with Crippen molar-refractivity contribution in [1.29, 1.82) is 5.26 Å². The van der Waals surface area contributed by atoms with Crippen molar-refractivity contribution in [2.24, 2.45) is 0 Å². The minimum Gasteiger partial charge on any atom is -0.372 e. The Hall–Kier alpha value is -3.39. The van der Waals surface area contributed by atoms with E-state index in [1.165, 1.54) is 6.92 Å². The lowest BCUT2D eigenvalue weighted by Crippen LogP contribution is -2.24. The number of ketones is 1. The maximum atomic E-state index is 12.4. The summed E-state index contributed by atoms with van der Waals surface area (Å²) in [6.07, 6.45) is 3.73. The smallest absolute Gasteiger partial charge is 0.266 e. The van der Waals surface area contributed by atoms with Crippen LogP contribution < -0.4 is 10.2 Å². The largest absolute Gasteiger partial charge is 0.372 e. The lowest BCUT2D eigenvalue weighted by molar-refractivity contribution is -0.112. The van der Waals surface area contributed by atoms with Gasteiger partial charge in [-0.05, 0) is 67.8 Å². The molecule has 0 saturated carbocycles. The Morgan fingerprint density at radius 3 is 2.07 bits per heavy atom. The maximum absolute atomic E-state index is 12.4. The lowest BCUT2D eigenvalue weighted by Gasteiger charge is -2.23. The average molecular weight is 389 g/mol. The van der Waals surface area contributed by atoms with Crippen molar-refractivity contribution >= 4 is 29.1 Å². The Bertz CT molecular complexity index is 901. The summed E-state index contributed by atoms with van der Waals surface area (Å²) in [6.45, 7) is 7.80. The summed E-state index contributed by atoms with van der Waals surface area (Å²) in [4.78, 5) is 26.1. The molecule has 150 valence electrons. The number of carbonyl (C=O) groups is 2. The Morgan fingerprint density at radius 1 is 1.00 bits per heavy atom. The number of anilines is 2. The standard InChI is InChI=1S/C24H27N3O2/c1-4-14-27(15-5-2)23-12-6-19(7-13-23)16-21(17-25)24(29)26-22-10-8-20(9-11-22)18(3)28/h6-13,16H,4-5,14-15H2,1-3H3,(H,26,29). The summed E-state index contributed by atoms with van der Waals surface area (Å²) >= 11 is 0. The van der Waals surface area contributed by atoms with Gasteiger partial charge in [0.1, 0.15) is 11.6 Å². The molecule has 0 unspecified atom stereocenters. The summed E-state index contributed by atoms with van der Waals surface area (Å²) in [5.41, 5.74) is 3.05. The molecule has 0 bridgehead atoms. The molecule has 2 aromatic carbocycles. The first-order chi connectivity index (χ1) is 14.0. The van der Waals surface area contributed by atoms with Gasteiger partial charge in [0, 0.05) is 30.0 Å². The van der Waals surface area contributed by atoms with Crippen molar-refractivity contribution in [3.8, 4) is 6.07 Å². The van der Waals surface area contributed by atoms with Crippen molar-refractivity contribution < 1.29 is 9.59 Å². The van der Waals surface area contributed by atoms with E-state index in [9.17, 15) is 14.9 Å². The molecular weight excluding hydrogens is 362 g/mol. The maximum Gasteiger partial charge on any atom is 0.266 e. The molecule has 2 aromatic rings. The Labute approximate surface area is 172 Å². The van der Waals surface area contributed by atoms with Crippen LogP contribution in [0.2, 0.25) is 0 Å². The molecule has 0 spiro atoms. The number of nitrogens with zero attached hydrogens (tertiary/aromatic N) is 2. The van der Waals surface area contributed by atoms with Crippen molar-refractivity contribution in [2.75, 3.05) is 23.3 Å². The van der Waals surface area contributed by atoms with Gasteiger partial charge in [0.05, 0.1) is 0 Å². The van der Waals surface area contributed by atoms with Crippen LogP contribution in [-0.4, -0.2) is 24.8 Å². The number of hydrogen-bond acceptors (Lipinski definition) is 4. The van der Waals surface area contributed by atoms with Crippen LogP contribution in [0.25, 0.3) is 6.08 Å². The summed E-state index contributed by atoms with van der Waals surface area (Å²) < 4.78 is 0. The van der Waals surface area contributed by atoms with E-state index in [4.69, 9.17) is 0 Å². The number of Topliss-reactive ketones (excluding diaryl/α,β-unsaturated/α-hetero) is 1. The van der Waals surface area contributed by atoms with Gasteiger partial charge in [0.25, 0.3) is 5.91 Å². The Balaban J connectivity index is 2.12. The zero-order chi connectivity index (χ0) is 21.2. The van der Waals surface area contributed by atoms with E-state index in [1.807, 2.05) is 30.3 Å². The van der Waals surface area contributed by atoms with Gasteiger partial charge >= 0.3 is 0 Å². The monoisotopic (exact) mass is 389 g/mol. The van der Waals surface area contributed by atoms with E-state index in [0.29, 0.717) is 11.3 Å². The third-order valence-corrected chi connectivity index (χ3v) is 4.47. The number of hydrogen-bond donors (Lipinski definition) is 1.